The summed E-state index contributed by atoms with van der Waals surface area (Å²) in [6.07, 6.45) is 2.14. The van der Waals surface area contributed by atoms with Crippen molar-refractivity contribution in [2.24, 2.45) is 0 Å². The molecule has 0 saturated carbocycles. The first kappa shape index (κ1) is 14.1. The molecule has 1 heterocycles. The fraction of sp³-hybridized carbons (Fsp3) is 0.267. The quantitative estimate of drug-likeness (QED) is 0.843. The number of amides is 1. The molecule has 1 aromatic carbocycles. The zero-order chi connectivity index (χ0) is 14.4. The van der Waals surface area contributed by atoms with Crippen molar-refractivity contribution in [3.63, 3.8) is 0 Å². The van der Waals surface area contributed by atoms with Crippen LogP contribution in [0.5, 0.6) is 5.75 Å². The molecule has 0 aliphatic rings. The molecule has 106 valence electrons. The number of carbonyl (C=O) groups is 1. The van der Waals surface area contributed by atoms with Gasteiger partial charge in [0.25, 0.3) is 5.91 Å². The van der Waals surface area contributed by atoms with E-state index in [4.69, 9.17) is 9.15 Å². The lowest BCUT2D eigenvalue weighted by Crippen LogP contribution is -2.32. The molecular formula is C15H17NO4. The number of hydrogen-bond donors (Lipinski definition) is 2. The predicted molar refractivity (Wildman–Crippen MR) is 73.4 cm³/mol. The lowest BCUT2D eigenvalue weighted by Gasteiger charge is -2.11. The molecule has 0 aliphatic carbocycles. The first-order chi connectivity index (χ1) is 9.66. The third-order valence-corrected chi connectivity index (χ3v) is 2.87. The maximum Gasteiger partial charge on any atom is 0.258 e. The molecule has 2 N–H and O–H groups in total. The second kappa shape index (κ2) is 6.77. The molecule has 1 aromatic heterocycles. The number of aliphatic hydroxyl groups excluding tert-OH is 1. The highest BCUT2D eigenvalue weighted by Gasteiger charge is 2.11. The number of benzene rings is 1. The lowest BCUT2D eigenvalue weighted by molar-refractivity contribution is -0.123. The minimum absolute atomic E-state index is 0.0804. The van der Waals surface area contributed by atoms with Crippen molar-refractivity contribution in [3.05, 3.63) is 54.0 Å². The Morgan fingerprint density at radius 3 is 2.90 bits per heavy atom. The third-order valence-electron chi connectivity index (χ3n) is 2.87. The highest BCUT2D eigenvalue weighted by molar-refractivity contribution is 5.77. The number of rotatable bonds is 6. The molecular weight excluding hydrogens is 258 g/mol. The van der Waals surface area contributed by atoms with Gasteiger partial charge in [0.2, 0.25) is 0 Å². The number of aliphatic hydroxyl groups is 1. The van der Waals surface area contributed by atoms with Gasteiger partial charge in [-0.25, -0.2) is 0 Å². The Balaban J connectivity index is 1.75. The van der Waals surface area contributed by atoms with Crippen molar-refractivity contribution in [3.8, 4) is 5.75 Å². The number of aryl methyl sites for hydroxylation is 1. The molecule has 0 fully saturated rings. The largest absolute Gasteiger partial charge is 0.484 e. The van der Waals surface area contributed by atoms with Gasteiger partial charge in [0.05, 0.1) is 18.6 Å². The van der Waals surface area contributed by atoms with E-state index in [2.05, 4.69) is 5.32 Å². The number of nitrogens with one attached hydrogen (secondary N) is 1. The second-order valence-electron chi connectivity index (χ2n) is 4.43. The van der Waals surface area contributed by atoms with Crippen molar-refractivity contribution < 1.29 is 19.1 Å². The summed E-state index contributed by atoms with van der Waals surface area (Å²) >= 11 is 0. The molecule has 1 atom stereocenters. The number of para-hydroxylation sites is 1. The molecule has 0 saturated heterocycles. The molecule has 0 bridgehead atoms. The van der Waals surface area contributed by atoms with Crippen molar-refractivity contribution in [1.82, 2.24) is 5.32 Å². The Labute approximate surface area is 117 Å². The van der Waals surface area contributed by atoms with Gasteiger partial charge in [-0.3, -0.25) is 4.79 Å². The van der Waals surface area contributed by atoms with Gasteiger partial charge in [-0.05, 0) is 24.6 Å². The first-order valence-corrected chi connectivity index (χ1v) is 6.32. The Hall–Kier alpha value is -2.27. The molecule has 5 heteroatoms. The number of carbonyl (C=O) groups excluding carboxylic acids is 1. The van der Waals surface area contributed by atoms with Gasteiger partial charge < -0.3 is 19.6 Å². The Bertz CT molecular complexity index is 551. The Kier molecular flexibility index (Phi) is 4.79. The van der Waals surface area contributed by atoms with Gasteiger partial charge in [0, 0.05) is 12.1 Å². The van der Waals surface area contributed by atoms with Crippen LogP contribution in [0.4, 0.5) is 0 Å². The van der Waals surface area contributed by atoms with Crippen molar-refractivity contribution in [2.75, 3.05) is 13.2 Å². The summed E-state index contributed by atoms with van der Waals surface area (Å²) in [6.45, 7) is 1.95. The average Bonchev–Trinajstić information content (AvgIpc) is 2.98. The monoisotopic (exact) mass is 275 g/mol. The minimum Gasteiger partial charge on any atom is -0.484 e. The lowest BCUT2D eigenvalue weighted by atomic mass is 10.2. The van der Waals surface area contributed by atoms with Gasteiger partial charge in [-0.2, -0.15) is 0 Å². The van der Waals surface area contributed by atoms with Gasteiger partial charge in [-0.15, -0.1) is 0 Å². The van der Waals surface area contributed by atoms with Crippen LogP contribution in [0.2, 0.25) is 0 Å². The van der Waals surface area contributed by atoms with Crippen LogP contribution in [0.1, 0.15) is 17.2 Å². The van der Waals surface area contributed by atoms with Crippen LogP contribution in [-0.4, -0.2) is 24.2 Å². The van der Waals surface area contributed by atoms with Crippen LogP contribution >= 0.6 is 0 Å². The van der Waals surface area contributed by atoms with E-state index >= 15 is 0 Å². The molecule has 1 amide bonds. The summed E-state index contributed by atoms with van der Waals surface area (Å²) < 4.78 is 10.3. The highest BCUT2D eigenvalue weighted by Crippen LogP contribution is 2.16. The minimum atomic E-state index is -0.781. The van der Waals surface area contributed by atoms with Crippen LogP contribution in [0.25, 0.3) is 0 Å². The summed E-state index contributed by atoms with van der Waals surface area (Å²) in [5, 5.41) is 12.4. The topological polar surface area (TPSA) is 71.7 Å². The van der Waals surface area contributed by atoms with Crippen LogP contribution in [0.3, 0.4) is 0 Å². The molecule has 5 nitrogen and oxygen atoms in total. The van der Waals surface area contributed by atoms with Crippen LogP contribution in [0.15, 0.2) is 47.3 Å². The highest BCUT2D eigenvalue weighted by atomic mass is 16.5. The zero-order valence-corrected chi connectivity index (χ0v) is 11.2. The third kappa shape index (κ3) is 3.86. The van der Waals surface area contributed by atoms with Gasteiger partial charge in [0.1, 0.15) is 5.75 Å². The van der Waals surface area contributed by atoms with Crippen molar-refractivity contribution in [1.29, 1.82) is 0 Å². The Morgan fingerprint density at radius 2 is 2.20 bits per heavy atom. The summed E-state index contributed by atoms with van der Waals surface area (Å²) in [4.78, 5) is 11.6. The molecule has 1 unspecified atom stereocenters. The summed E-state index contributed by atoms with van der Waals surface area (Å²) in [6, 6.07) is 9.13. The van der Waals surface area contributed by atoms with Crippen LogP contribution in [0, 0.1) is 6.92 Å². The van der Waals surface area contributed by atoms with E-state index in [0.29, 0.717) is 11.3 Å². The second-order valence-corrected chi connectivity index (χ2v) is 4.43. The first-order valence-electron chi connectivity index (χ1n) is 6.32. The van der Waals surface area contributed by atoms with E-state index in [1.807, 2.05) is 31.2 Å². The molecule has 2 rings (SSSR count). The molecule has 0 spiro atoms. The fourth-order valence-corrected chi connectivity index (χ4v) is 1.71. The van der Waals surface area contributed by atoms with Gasteiger partial charge in [0.15, 0.2) is 6.61 Å². The molecule has 0 aliphatic heterocycles. The van der Waals surface area contributed by atoms with E-state index in [-0.39, 0.29) is 19.1 Å². The summed E-state index contributed by atoms with van der Waals surface area (Å²) in [5.74, 6) is 0.397. The SMILES string of the molecule is Cc1ccccc1OCC(=O)NCC(O)c1ccoc1. The van der Waals surface area contributed by atoms with Crippen LogP contribution < -0.4 is 10.1 Å². The van der Waals surface area contributed by atoms with Crippen molar-refractivity contribution in [2.45, 2.75) is 13.0 Å². The maximum atomic E-state index is 11.6. The van der Waals surface area contributed by atoms with Gasteiger partial charge in [-0.1, -0.05) is 18.2 Å². The van der Waals surface area contributed by atoms with E-state index in [9.17, 15) is 9.90 Å². The zero-order valence-electron chi connectivity index (χ0n) is 11.2. The molecule has 2 aromatic rings. The van der Waals surface area contributed by atoms with Crippen LogP contribution in [-0.2, 0) is 4.79 Å². The number of furan rings is 1. The van der Waals surface area contributed by atoms with E-state index in [1.165, 1.54) is 12.5 Å². The molecule has 20 heavy (non-hydrogen) atoms. The number of ether oxygens (including phenoxy) is 1. The summed E-state index contributed by atoms with van der Waals surface area (Å²) in [7, 11) is 0. The van der Waals surface area contributed by atoms with E-state index < -0.39 is 6.10 Å². The number of hydrogen-bond acceptors (Lipinski definition) is 4. The average molecular weight is 275 g/mol. The van der Waals surface area contributed by atoms with Crippen molar-refractivity contribution >= 4 is 5.91 Å². The summed E-state index contributed by atoms with van der Waals surface area (Å²) in [5.41, 5.74) is 1.60. The standard InChI is InChI=1S/C15H17NO4/c1-11-4-2-3-5-14(11)20-10-15(18)16-8-13(17)12-6-7-19-9-12/h2-7,9,13,17H,8,10H2,1H3,(H,16,18). The van der Waals surface area contributed by atoms with E-state index in [1.54, 1.807) is 6.07 Å². The van der Waals surface area contributed by atoms with Gasteiger partial charge >= 0.3 is 0 Å². The Morgan fingerprint density at radius 1 is 1.40 bits per heavy atom. The normalized spacial score (nSPS) is 11.9. The fourth-order valence-electron chi connectivity index (χ4n) is 1.71. The predicted octanol–water partition coefficient (Wildman–Crippen LogP) is 1.82. The maximum absolute atomic E-state index is 11.6. The smallest absolute Gasteiger partial charge is 0.258 e. The van der Waals surface area contributed by atoms with E-state index in [0.717, 1.165) is 5.56 Å². The molecule has 0 radical (unpaired) electrons.